The Morgan fingerprint density at radius 1 is 0.809 bits per heavy atom. The summed E-state index contributed by atoms with van der Waals surface area (Å²) in [7, 11) is 2.41. The van der Waals surface area contributed by atoms with Crippen molar-refractivity contribution in [2.75, 3.05) is 40.5 Å². The van der Waals surface area contributed by atoms with Crippen molar-refractivity contribution in [1.29, 1.82) is 0 Å². The Morgan fingerprint density at radius 2 is 1.36 bits per heavy atom. The van der Waals surface area contributed by atoms with Crippen molar-refractivity contribution in [1.82, 2.24) is 10.3 Å². The van der Waals surface area contributed by atoms with Crippen LogP contribution in [0.1, 0.15) is 51.4 Å². The van der Waals surface area contributed by atoms with E-state index in [0.29, 0.717) is 31.0 Å². The molecule has 3 aromatic rings. The van der Waals surface area contributed by atoms with Gasteiger partial charge in [0.25, 0.3) is 5.69 Å². The third kappa shape index (κ3) is 11.4. The number of hydrogen-bond donors (Lipinski definition) is 3. The minimum absolute atomic E-state index is 0.00397. The molecule has 0 aliphatic heterocycles. The number of rotatable bonds is 15. The molecule has 2 aromatic carbocycles. The predicted octanol–water partition coefficient (Wildman–Crippen LogP) is 4.22. The number of pyridine rings is 1. The largest absolute Gasteiger partial charge is 0.494 e. The van der Waals surface area contributed by atoms with E-state index in [2.05, 4.69) is 10.3 Å². The number of nitro benzene ring substituents is 1. The number of nitrogens with one attached hydrogen (secondary N) is 1. The van der Waals surface area contributed by atoms with Crippen LogP contribution in [0.2, 0.25) is 0 Å². The third-order valence-electron chi connectivity index (χ3n) is 6.48. The van der Waals surface area contributed by atoms with E-state index < -0.39 is 28.8 Å². The highest BCUT2D eigenvalue weighted by molar-refractivity contribution is 6.27. The fourth-order valence-electron chi connectivity index (χ4n) is 4.34. The minimum Gasteiger partial charge on any atom is -0.494 e. The maximum atomic E-state index is 12.8. The SMILES string of the molecule is COC(=O)c1c(C)nc(C)c(C(=O)OC)c1-c1cc([N+](=O)[O-])ccc1OCCCCNCCCOc1ccccc1.O=C(O)C(=O)O. The van der Waals surface area contributed by atoms with Gasteiger partial charge in [-0.1, -0.05) is 18.2 Å². The number of carbonyl (C=O) groups is 4. The highest BCUT2D eigenvalue weighted by Gasteiger charge is 2.30. The van der Waals surface area contributed by atoms with Crippen LogP contribution in [0.5, 0.6) is 11.5 Å². The molecule has 1 heterocycles. The summed E-state index contributed by atoms with van der Waals surface area (Å²) >= 11 is 0. The number of ether oxygens (including phenoxy) is 4. The fourth-order valence-corrected chi connectivity index (χ4v) is 4.34. The molecule has 0 fully saturated rings. The summed E-state index contributed by atoms with van der Waals surface area (Å²) < 4.78 is 21.7. The summed E-state index contributed by atoms with van der Waals surface area (Å²) in [5, 5.41) is 29.8. The van der Waals surface area contributed by atoms with Crippen LogP contribution >= 0.6 is 0 Å². The van der Waals surface area contributed by atoms with Crippen molar-refractivity contribution in [3.05, 3.63) is 81.2 Å². The van der Waals surface area contributed by atoms with Gasteiger partial charge >= 0.3 is 23.9 Å². The molecular formula is C32H37N3O12. The number of nitrogens with zero attached hydrogens (tertiary/aromatic N) is 2. The lowest BCUT2D eigenvalue weighted by atomic mass is 9.91. The second-order valence-corrected chi connectivity index (χ2v) is 9.76. The van der Waals surface area contributed by atoms with Gasteiger partial charge in [0.2, 0.25) is 0 Å². The van der Waals surface area contributed by atoms with Gasteiger partial charge in [-0.15, -0.1) is 0 Å². The van der Waals surface area contributed by atoms with Crippen LogP contribution in [0.25, 0.3) is 11.1 Å². The van der Waals surface area contributed by atoms with Crippen molar-refractivity contribution in [2.45, 2.75) is 33.1 Å². The molecule has 0 spiro atoms. The van der Waals surface area contributed by atoms with Gasteiger partial charge in [0.1, 0.15) is 11.5 Å². The van der Waals surface area contributed by atoms with Crippen LogP contribution < -0.4 is 14.8 Å². The summed E-state index contributed by atoms with van der Waals surface area (Å²) in [6, 6.07) is 13.7. The average Bonchev–Trinajstić information content (AvgIpc) is 3.05. The van der Waals surface area contributed by atoms with Gasteiger partial charge in [-0.2, -0.15) is 0 Å². The molecular weight excluding hydrogens is 618 g/mol. The standard InChI is InChI=1S/C30H35N3O8.C2H2O4/c1-20-26(29(34)38-3)28(27(21(2)32-20)30(35)39-4)24-19-22(33(36)37)13-14-25(24)41-17-9-8-15-31-16-10-18-40-23-11-6-5-7-12-23;3-1(4)2(5)6/h5-7,11-14,19,31H,8-10,15-18H2,1-4H3;(H,3,4)(H,5,6). The van der Waals surface area contributed by atoms with Crippen LogP contribution in [-0.2, 0) is 19.1 Å². The topological polar surface area (TPSA) is 214 Å². The zero-order valence-electron chi connectivity index (χ0n) is 26.4. The van der Waals surface area contributed by atoms with Crippen molar-refractivity contribution in [2.24, 2.45) is 0 Å². The number of aliphatic carboxylic acids is 2. The van der Waals surface area contributed by atoms with E-state index in [0.717, 1.165) is 31.7 Å². The van der Waals surface area contributed by atoms with E-state index in [1.807, 2.05) is 30.3 Å². The Kier molecular flexibility index (Phi) is 15.3. The highest BCUT2D eigenvalue weighted by atomic mass is 16.6. The number of methoxy groups -OCH3 is 2. The number of carboxylic acid groups (broad SMARTS) is 2. The predicted molar refractivity (Wildman–Crippen MR) is 168 cm³/mol. The Labute approximate surface area is 270 Å². The van der Waals surface area contributed by atoms with Crippen molar-refractivity contribution < 1.29 is 53.3 Å². The Morgan fingerprint density at radius 3 is 1.89 bits per heavy atom. The monoisotopic (exact) mass is 655 g/mol. The maximum Gasteiger partial charge on any atom is 0.414 e. The minimum atomic E-state index is -1.82. The maximum absolute atomic E-state index is 12.8. The number of carbonyl (C=O) groups excluding carboxylic acids is 2. The summed E-state index contributed by atoms with van der Waals surface area (Å²) in [4.78, 5) is 59.3. The lowest BCUT2D eigenvalue weighted by molar-refractivity contribution is -0.384. The number of aryl methyl sites for hydroxylation is 2. The van der Waals surface area contributed by atoms with Gasteiger partial charge in [-0.05, 0) is 64.4 Å². The first kappa shape index (κ1) is 37.6. The zero-order chi connectivity index (χ0) is 34.9. The van der Waals surface area contributed by atoms with E-state index in [4.69, 9.17) is 38.7 Å². The number of para-hydroxylation sites is 1. The number of aromatic nitrogens is 1. The van der Waals surface area contributed by atoms with Crippen molar-refractivity contribution in [3.63, 3.8) is 0 Å². The normalized spacial score (nSPS) is 10.2. The lowest BCUT2D eigenvalue weighted by Gasteiger charge is -2.19. The van der Waals surface area contributed by atoms with E-state index in [1.54, 1.807) is 13.8 Å². The van der Waals surface area contributed by atoms with Crippen molar-refractivity contribution >= 4 is 29.6 Å². The molecule has 0 aliphatic rings. The number of benzene rings is 2. The molecule has 0 unspecified atom stereocenters. The molecule has 0 saturated heterocycles. The Bertz CT molecular complexity index is 1510. The van der Waals surface area contributed by atoms with Crippen LogP contribution in [0.4, 0.5) is 5.69 Å². The first-order valence-corrected chi connectivity index (χ1v) is 14.4. The molecule has 0 radical (unpaired) electrons. The number of esters is 2. The zero-order valence-corrected chi connectivity index (χ0v) is 26.4. The molecule has 15 nitrogen and oxygen atoms in total. The first-order valence-electron chi connectivity index (χ1n) is 14.4. The molecule has 0 atom stereocenters. The van der Waals surface area contributed by atoms with E-state index in [9.17, 15) is 19.7 Å². The van der Waals surface area contributed by atoms with Gasteiger partial charge in [0, 0.05) is 23.3 Å². The van der Waals surface area contributed by atoms with Crippen LogP contribution in [0.3, 0.4) is 0 Å². The molecule has 0 aliphatic carbocycles. The van der Waals surface area contributed by atoms with Crippen LogP contribution in [0.15, 0.2) is 48.5 Å². The molecule has 252 valence electrons. The molecule has 3 N–H and O–H groups in total. The van der Waals surface area contributed by atoms with Gasteiger partial charge in [-0.3, -0.25) is 15.1 Å². The number of unbranched alkanes of at least 4 members (excludes halogenated alkanes) is 1. The van der Waals surface area contributed by atoms with Gasteiger partial charge < -0.3 is 34.5 Å². The van der Waals surface area contributed by atoms with Gasteiger partial charge in [-0.25, -0.2) is 19.2 Å². The number of hydrogen-bond acceptors (Lipinski definition) is 12. The number of carboxylic acids is 2. The quantitative estimate of drug-likeness (QED) is 0.0687. The van der Waals surface area contributed by atoms with Gasteiger partial charge in [0.15, 0.2) is 0 Å². The number of non-ortho nitro benzene ring substituents is 1. The third-order valence-corrected chi connectivity index (χ3v) is 6.48. The van der Waals surface area contributed by atoms with Crippen LogP contribution in [-0.4, -0.2) is 84.5 Å². The highest BCUT2D eigenvalue weighted by Crippen LogP contribution is 2.40. The number of nitro groups is 1. The van der Waals surface area contributed by atoms with Gasteiger partial charge in [0.05, 0.1) is 54.9 Å². The molecule has 0 bridgehead atoms. The molecule has 0 amide bonds. The van der Waals surface area contributed by atoms with E-state index in [-0.39, 0.29) is 33.7 Å². The molecule has 15 heteroatoms. The Balaban J connectivity index is 0.00000117. The van der Waals surface area contributed by atoms with E-state index in [1.165, 1.54) is 32.4 Å². The van der Waals surface area contributed by atoms with Crippen LogP contribution in [0, 0.1) is 24.0 Å². The molecule has 0 saturated carbocycles. The lowest BCUT2D eigenvalue weighted by Crippen LogP contribution is -2.19. The van der Waals surface area contributed by atoms with Crippen molar-refractivity contribution in [3.8, 4) is 22.6 Å². The Hall–Kier alpha value is -5.57. The summed E-state index contributed by atoms with van der Waals surface area (Å²) in [6.45, 7) is 5.73. The molecule has 1 aromatic heterocycles. The smallest absolute Gasteiger partial charge is 0.414 e. The molecule has 3 rings (SSSR count). The summed E-state index contributed by atoms with van der Waals surface area (Å²) in [5.41, 5.74) is 0.696. The molecule has 47 heavy (non-hydrogen) atoms. The van der Waals surface area contributed by atoms with E-state index >= 15 is 0 Å². The second-order valence-electron chi connectivity index (χ2n) is 9.76. The summed E-state index contributed by atoms with van der Waals surface area (Å²) in [6.07, 6.45) is 2.40. The second kappa shape index (κ2) is 19.1. The fraction of sp³-hybridized carbons (Fsp3) is 0.344. The first-order chi connectivity index (χ1) is 22.4. The average molecular weight is 656 g/mol. The summed E-state index contributed by atoms with van der Waals surface area (Å²) in [5.74, 6) is -4.00.